The fraction of sp³-hybridized carbons (Fsp3) is 0.308. The SMILES string of the molecule is COc1cc(C(=O)N2CC(O)CC2c2cccc(C(=O)N3CC(C#N)C3)c2)ccc1-c1cn[nH]c1. The molecule has 2 aliphatic heterocycles. The summed E-state index contributed by atoms with van der Waals surface area (Å²) >= 11 is 0. The van der Waals surface area contributed by atoms with Gasteiger partial charge in [-0.15, -0.1) is 0 Å². The van der Waals surface area contributed by atoms with E-state index in [9.17, 15) is 14.7 Å². The number of H-pyrrole nitrogens is 1. The number of hydrogen-bond donors (Lipinski definition) is 2. The van der Waals surface area contributed by atoms with Crippen molar-refractivity contribution < 1.29 is 19.4 Å². The van der Waals surface area contributed by atoms with Crippen LogP contribution in [0, 0.1) is 17.2 Å². The second kappa shape index (κ2) is 9.24. The largest absolute Gasteiger partial charge is 0.496 e. The first-order valence-corrected chi connectivity index (χ1v) is 11.4. The number of nitrogens with zero attached hydrogens (tertiary/aromatic N) is 4. The molecule has 0 radical (unpaired) electrons. The number of β-amino-alcohol motifs (C(OH)–C–C–N with tert-alkyl or cyclic N) is 1. The third kappa shape index (κ3) is 4.24. The van der Waals surface area contributed by atoms with Crippen molar-refractivity contribution in [3.05, 3.63) is 71.5 Å². The van der Waals surface area contributed by atoms with Gasteiger partial charge in [0.1, 0.15) is 5.75 Å². The summed E-state index contributed by atoms with van der Waals surface area (Å²) in [6.45, 7) is 1.06. The predicted octanol–water partition coefficient (Wildman–Crippen LogP) is 2.63. The highest BCUT2D eigenvalue weighted by Crippen LogP contribution is 2.36. The molecule has 9 heteroatoms. The lowest BCUT2D eigenvalue weighted by Crippen LogP contribution is -2.49. The summed E-state index contributed by atoms with van der Waals surface area (Å²) in [5.41, 5.74) is 3.41. The van der Waals surface area contributed by atoms with Crippen molar-refractivity contribution in [3.8, 4) is 22.9 Å². The number of methoxy groups -OCH3 is 1. The van der Waals surface area contributed by atoms with E-state index in [0.29, 0.717) is 36.4 Å². The van der Waals surface area contributed by atoms with Crippen molar-refractivity contribution in [2.45, 2.75) is 18.6 Å². The highest BCUT2D eigenvalue weighted by atomic mass is 16.5. The zero-order chi connectivity index (χ0) is 24.5. The quantitative estimate of drug-likeness (QED) is 0.590. The van der Waals surface area contributed by atoms with E-state index < -0.39 is 6.10 Å². The van der Waals surface area contributed by atoms with Crippen LogP contribution in [0.15, 0.2) is 54.9 Å². The fourth-order valence-corrected chi connectivity index (χ4v) is 4.77. The molecule has 3 heterocycles. The number of likely N-dealkylation sites (tertiary alicyclic amines) is 2. The number of aromatic amines is 1. The molecule has 3 aromatic rings. The Labute approximate surface area is 202 Å². The van der Waals surface area contributed by atoms with Crippen LogP contribution in [0.2, 0.25) is 0 Å². The van der Waals surface area contributed by atoms with Gasteiger partial charge in [-0.1, -0.05) is 12.1 Å². The van der Waals surface area contributed by atoms with Crippen molar-refractivity contribution >= 4 is 11.8 Å². The molecule has 2 N–H and O–H groups in total. The molecular weight excluding hydrogens is 446 g/mol. The summed E-state index contributed by atoms with van der Waals surface area (Å²) < 4.78 is 5.53. The Hall–Kier alpha value is -4.16. The molecule has 178 valence electrons. The molecule has 2 aromatic carbocycles. The van der Waals surface area contributed by atoms with Gasteiger partial charge in [0, 0.05) is 48.1 Å². The van der Waals surface area contributed by atoms with Crippen LogP contribution in [0.3, 0.4) is 0 Å². The molecule has 2 saturated heterocycles. The Balaban J connectivity index is 1.39. The third-order valence-corrected chi connectivity index (χ3v) is 6.67. The maximum Gasteiger partial charge on any atom is 0.254 e. The van der Waals surface area contributed by atoms with Gasteiger partial charge in [0.05, 0.1) is 37.4 Å². The van der Waals surface area contributed by atoms with Gasteiger partial charge in [-0.05, 0) is 42.3 Å². The number of aliphatic hydroxyl groups is 1. The van der Waals surface area contributed by atoms with Crippen molar-refractivity contribution in [3.63, 3.8) is 0 Å². The van der Waals surface area contributed by atoms with Crippen LogP contribution >= 0.6 is 0 Å². The first-order valence-electron chi connectivity index (χ1n) is 11.4. The van der Waals surface area contributed by atoms with Gasteiger partial charge in [0.25, 0.3) is 11.8 Å². The minimum absolute atomic E-state index is 0.114. The van der Waals surface area contributed by atoms with Crippen molar-refractivity contribution in [1.29, 1.82) is 5.26 Å². The van der Waals surface area contributed by atoms with Crippen LogP contribution in [0.4, 0.5) is 0 Å². The molecule has 2 aliphatic rings. The number of hydrogen-bond acceptors (Lipinski definition) is 6. The number of nitrogens with one attached hydrogen (secondary N) is 1. The third-order valence-electron chi connectivity index (χ3n) is 6.67. The van der Waals surface area contributed by atoms with E-state index in [4.69, 9.17) is 10.00 Å². The molecule has 0 aliphatic carbocycles. The monoisotopic (exact) mass is 471 g/mol. The molecule has 35 heavy (non-hydrogen) atoms. The van der Waals surface area contributed by atoms with Gasteiger partial charge in [0.2, 0.25) is 0 Å². The first kappa shape index (κ1) is 22.6. The lowest BCUT2D eigenvalue weighted by atomic mass is 9.97. The number of carbonyl (C=O) groups excluding carboxylic acids is 2. The minimum Gasteiger partial charge on any atom is -0.496 e. The summed E-state index contributed by atoms with van der Waals surface area (Å²) in [6.07, 6.45) is 3.15. The Morgan fingerprint density at radius 1 is 1.14 bits per heavy atom. The zero-order valence-corrected chi connectivity index (χ0v) is 19.2. The van der Waals surface area contributed by atoms with Crippen LogP contribution in [0.1, 0.15) is 38.7 Å². The number of amides is 2. The van der Waals surface area contributed by atoms with Gasteiger partial charge >= 0.3 is 0 Å². The molecule has 2 unspecified atom stereocenters. The van der Waals surface area contributed by atoms with Crippen molar-refractivity contribution in [1.82, 2.24) is 20.0 Å². The first-order chi connectivity index (χ1) is 17.0. The van der Waals surface area contributed by atoms with Crippen LogP contribution < -0.4 is 4.74 Å². The summed E-state index contributed by atoms with van der Waals surface area (Å²) in [5.74, 6) is 0.0812. The normalized spacial score (nSPS) is 19.8. The van der Waals surface area contributed by atoms with E-state index in [-0.39, 0.29) is 30.3 Å². The molecule has 0 bridgehead atoms. The maximum atomic E-state index is 13.5. The zero-order valence-electron chi connectivity index (χ0n) is 19.2. The number of aliphatic hydroxyl groups excluding tert-OH is 1. The van der Waals surface area contributed by atoms with E-state index in [2.05, 4.69) is 16.3 Å². The van der Waals surface area contributed by atoms with Gasteiger partial charge in [-0.3, -0.25) is 14.7 Å². The second-order valence-corrected chi connectivity index (χ2v) is 8.93. The number of aromatic nitrogens is 2. The molecular formula is C26H25N5O4. The van der Waals surface area contributed by atoms with Gasteiger partial charge in [0.15, 0.2) is 0 Å². The molecule has 2 fully saturated rings. The molecule has 5 rings (SSSR count). The summed E-state index contributed by atoms with van der Waals surface area (Å²) in [7, 11) is 1.55. The molecule has 9 nitrogen and oxygen atoms in total. The number of rotatable bonds is 5. The standard InChI is InChI=1S/C26H25N5O4/c1-35-24-8-19(5-6-22(24)20-11-28-29-12-20)26(34)31-15-21(32)9-23(31)17-3-2-4-18(7-17)25(33)30-13-16(10-27)14-30/h2-8,11-12,16,21,23,32H,9,13-15H2,1H3,(H,28,29). The Morgan fingerprint density at radius 3 is 2.66 bits per heavy atom. The molecule has 1 aromatic heterocycles. The minimum atomic E-state index is -0.665. The maximum absolute atomic E-state index is 13.5. The smallest absolute Gasteiger partial charge is 0.254 e. The lowest BCUT2D eigenvalue weighted by Gasteiger charge is -2.35. The average molecular weight is 472 g/mol. The molecule has 0 saturated carbocycles. The lowest BCUT2D eigenvalue weighted by molar-refractivity contribution is 0.0577. The number of ether oxygens (including phenoxy) is 1. The highest BCUT2D eigenvalue weighted by molar-refractivity contribution is 5.97. The van der Waals surface area contributed by atoms with Crippen LogP contribution in [-0.4, -0.2) is 69.8 Å². The Bertz CT molecular complexity index is 1290. The van der Waals surface area contributed by atoms with Gasteiger partial charge in [-0.25, -0.2) is 0 Å². The van der Waals surface area contributed by atoms with Gasteiger partial charge < -0.3 is 19.6 Å². The summed E-state index contributed by atoms with van der Waals surface area (Å²) in [5, 5.41) is 26.2. The number of benzene rings is 2. The van der Waals surface area contributed by atoms with E-state index in [0.717, 1.165) is 16.7 Å². The van der Waals surface area contributed by atoms with Crippen LogP contribution in [0.5, 0.6) is 5.75 Å². The topological polar surface area (TPSA) is 123 Å². The molecule has 0 spiro atoms. The second-order valence-electron chi connectivity index (χ2n) is 8.93. The van der Waals surface area contributed by atoms with Crippen LogP contribution in [-0.2, 0) is 0 Å². The van der Waals surface area contributed by atoms with Crippen molar-refractivity contribution in [2.24, 2.45) is 5.92 Å². The van der Waals surface area contributed by atoms with E-state index >= 15 is 0 Å². The number of carbonyl (C=O) groups is 2. The molecule has 2 atom stereocenters. The molecule has 2 amide bonds. The average Bonchev–Trinajstić information content (AvgIpc) is 3.52. The Morgan fingerprint density at radius 2 is 1.94 bits per heavy atom. The van der Waals surface area contributed by atoms with Crippen molar-refractivity contribution in [2.75, 3.05) is 26.7 Å². The van der Waals surface area contributed by atoms with E-state index in [1.165, 1.54) is 0 Å². The highest BCUT2D eigenvalue weighted by Gasteiger charge is 2.37. The fourth-order valence-electron chi connectivity index (χ4n) is 4.77. The summed E-state index contributed by atoms with van der Waals surface area (Å²) in [4.78, 5) is 29.6. The van der Waals surface area contributed by atoms with E-state index in [1.54, 1.807) is 59.6 Å². The summed E-state index contributed by atoms with van der Waals surface area (Å²) in [6, 6.07) is 14.2. The Kier molecular flexibility index (Phi) is 5.97. The number of nitriles is 1. The predicted molar refractivity (Wildman–Crippen MR) is 126 cm³/mol. The van der Waals surface area contributed by atoms with Crippen LogP contribution in [0.25, 0.3) is 11.1 Å². The van der Waals surface area contributed by atoms with E-state index in [1.807, 2.05) is 12.1 Å². The van der Waals surface area contributed by atoms with Gasteiger partial charge in [-0.2, -0.15) is 10.4 Å².